The number of aliphatic hydroxyl groups excluding tert-OH is 6. The predicted molar refractivity (Wildman–Crippen MR) is 111 cm³/mol. The van der Waals surface area contributed by atoms with Gasteiger partial charge in [-0.2, -0.15) is 0 Å². The topological polar surface area (TPSA) is 158 Å². The maximum Gasteiger partial charge on any atom is 0.187 e. The lowest BCUT2D eigenvalue weighted by Gasteiger charge is -2.46. The molecule has 0 bridgehead atoms. The lowest BCUT2D eigenvalue weighted by Crippen LogP contribution is -2.62. The van der Waals surface area contributed by atoms with Gasteiger partial charge in [-0.05, 0) is 52.9 Å². The van der Waals surface area contributed by atoms with Crippen molar-refractivity contribution >= 4 is 0 Å². The summed E-state index contributed by atoms with van der Waals surface area (Å²) in [5, 5.41) is 61.0. The molecule has 0 aromatic carbocycles. The van der Waals surface area contributed by atoms with Crippen LogP contribution in [-0.4, -0.2) is 104 Å². The number of rotatable bonds is 6. The van der Waals surface area contributed by atoms with E-state index in [0.717, 1.165) is 19.3 Å². The van der Waals surface area contributed by atoms with Gasteiger partial charge in [0.05, 0.1) is 18.3 Å². The van der Waals surface area contributed by atoms with E-state index in [2.05, 4.69) is 13.0 Å². The van der Waals surface area contributed by atoms with E-state index in [0.29, 0.717) is 0 Å². The average Bonchev–Trinajstić information content (AvgIpc) is 2.75. The highest BCUT2D eigenvalue weighted by Crippen LogP contribution is 2.37. The van der Waals surface area contributed by atoms with Crippen LogP contribution in [0.4, 0.5) is 0 Å². The number of hydrogen-bond acceptors (Lipinski definition) is 10. The van der Waals surface area contributed by atoms with Gasteiger partial charge in [0.2, 0.25) is 0 Å². The Kier molecular flexibility index (Phi) is 8.36. The largest absolute Gasteiger partial charge is 0.388 e. The van der Waals surface area contributed by atoms with Gasteiger partial charge >= 0.3 is 0 Å². The Balaban J connectivity index is 1.62. The van der Waals surface area contributed by atoms with Crippen molar-refractivity contribution in [3.63, 3.8) is 0 Å². The van der Waals surface area contributed by atoms with Crippen molar-refractivity contribution in [2.45, 2.75) is 114 Å². The highest BCUT2D eigenvalue weighted by atomic mass is 16.7. The molecule has 186 valence electrons. The summed E-state index contributed by atoms with van der Waals surface area (Å²) >= 11 is 0. The first-order valence-electron chi connectivity index (χ1n) is 11.3. The van der Waals surface area contributed by atoms with Gasteiger partial charge in [-0.3, -0.25) is 0 Å². The fourth-order valence-corrected chi connectivity index (χ4v) is 4.48. The second kappa shape index (κ2) is 10.3. The van der Waals surface area contributed by atoms with Crippen molar-refractivity contribution in [1.82, 2.24) is 0 Å². The summed E-state index contributed by atoms with van der Waals surface area (Å²) in [4.78, 5) is 0. The predicted octanol–water partition coefficient (Wildman–Crippen LogP) is -0.820. The third-order valence-corrected chi connectivity index (χ3v) is 6.94. The van der Waals surface area contributed by atoms with Crippen LogP contribution in [0.5, 0.6) is 0 Å². The Morgan fingerprint density at radius 2 is 1.53 bits per heavy atom. The standard InChI is InChI=1S/C22H38O10/c1-10-5-7-12(8-6-10)22(3,4)32-21-19(28)17(26)15(24)13(31-21)9-29-20-18(27)16(25)14(23)11(2)30-20/h5,11-21,23-28H,6-9H2,1-4H3/t11-,12-,13+,14-,15+,16+,17-,18+,19+,20+,21-/m0/s1. The van der Waals surface area contributed by atoms with Gasteiger partial charge in [0.15, 0.2) is 12.6 Å². The van der Waals surface area contributed by atoms with Crippen molar-refractivity contribution in [1.29, 1.82) is 0 Å². The summed E-state index contributed by atoms with van der Waals surface area (Å²) in [6.07, 6.45) is -8.13. The molecule has 0 aromatic heterocycles. The smallest absolute Gasteiger partial charge is 0.187 e. The first-order chi connectivity index (χ1) is 14.9. The van der Waals surface area contributed by atoms with E-state index in [9.17, 15) is 30.6 Å². The van der Waals surface area contributed by atoms with Gasteiger partial charge in [-0.15, -0.1) is 0 Å². The molecule has 3 aliphatic rings. The van der Waals surface area contributed by atoms with Crippen LogP contribution in [0.1, 0.15) is 47.0 Å². The van der Waals surface area contributed by atoms with E-state index >= 15 is 0 Å². The van der Waals surface area contributed by atoms with Crippen LogP contribution in [0.15, 0.2) is 11.6 Å². The zero-order valence-corrected chi connectivity index (χ0v) is 19.1. The summed E-state index contributed by atoms with van der Waals surface area (Å²) in [5.41, 5.74) is 0.676. The molecule has 0 unspecified atom stereocenters. The fraction of sp³-hybridized carbons (Fsp3) is 0.909. The number of hydrogen-bond donors (Lipinski definition) is 6. The molecule has 2 heterocycles. The van der Waals surface area contributed by atoms with E-state index in [4.69, 9.17) is 18.9 Å². The molecule has 2 fully saturated rings. The molecule has 3 rings (SSSR count). The van der Waals surface area contributed by atoms with Crippen LogP contribution in [0.25, 0.3) is 0 Å². The van der Waals surface area contributed by atoms with Crippen molar-refractivity contribution in [2.24, 2.45) is 5.92 Å². The van der Waals surface area contributed by atoms with E-state index in [1.165, 1.54) is 12.5 Å². The molecule has 0 radical (unpaired) electrons. The quantitative estimate of drug-likeness (QED) is 0.275. The molecule has 0 aromatic rings. The highest BCUT2D eigenvalue weighted by molar-refractivity contribution is 5.05. The van der Waals surface area contributed by atoms with Gasteiger partial charge in [-0.1, -0.05) is 11.6 Å². The van der Waals surface area contributed by atoms with Crippen LogP contribution in [0, 0.1) is 5.92 Å². The van der Waals surface area contributed by atoms with Crippen LogP contribution >= 0.6 is 0 Å². The zero-order valence-electron chi connectivity index (χ0n) is 19.1. The SMILES string of the molecule is CC1=CC[C@H](C(C)(C)O[C@@H]2O[C@H](CO[C@@H]3O[C@@H](C)[C@H](O)[C@@H](O)[C@H]3O)[C@@H](O)[C@H](O)[C@H]2O)CC1. The van der Waals surface area contributed by atoms with Crippen molar-refractivity contribution in [2.75, 3.05) is 6.61 Å². The third-order valence-electron chi connectivity index (χ3n) is 6.94. The lowest BCUT2D eigenvalue weighted by atomic mass is 9.79. The van der Waals surface area contributed by atoms with Crippen molar-refractivity contribution < 1.29 is 49.6 Å². The minimum absolute atomic E-state index is 0.195. The Morgan fingerprint density at radius 1 is 0.906 bits per heavy atom. The molecule has 0 amide bonds. The fourth-order valence-electron chi connectivity index (χ4n) is 4.48. The Labute approximate surface area is 188 Å². The average molecular weight is 463 g/mol. The van der Waals surface area contributed by atoms with Gasteiger partial charge in [0.1, 0.15) is 42.7 Å². The zero-order chi connectivity index (χ0) is 23.8. The second-order valence-corrected chi connectivity index (χ2v) is 9.77. The Morgan fingerprint density at radius 3 is 2.16 bits per heavy atom. The van der Waals surface area contributed by atoms with E-state index in [1.54, 1.807) is 0 Å². The molecule has 32 heavy (non-hydrogen) atoms. The normalized spacial score (nSPS) is 46.1. The Hall–Kier alpha value is -0.660. The molecule has 0 saturated carbocycles. The van der Waals surface area contributed by atoms with Crippen molar-refractivity contribution in [3.05, 3.63) is 11.6 Å². The molecular formula is C22H38O10. The molecule has 11 atom stereocenters. The molecular weight excluding hydrogens is 424 g/mol. The first kappa shape index (κ1) is 26.0. The third kappa shape index (κ3) is 5.52. The van der Waals surface area contributed by atoms with Crippen molar-refractivity contribution in [3.8, 4) is 0 Å². The number of aliphatic hydroxyl groups is 6. The first-order valence-corrected chi connectivity index (χ1v) is 11.3. The minimum Gasteiger partial charge on any atom is -0.388 e. The summed E-state index contributed by atoms with van der Waals surface area (Å²) in [7, 11) is 0. The van der Waals surface area contributed by atoms with Gasteiger partial charge in [0, 0.05) is 0 Å². The molecule has 10 heteroatoms. The maximum absolute atomic E-state index is 10.4. The molecule has 6 N–H and O–H groups in total. The minimum atomic E-state index is -1.53. The summed E-state index contributed by atoms with van der Waals surface area (Å²) < 4.78 is 22.7. The summed E-state index contributed by atoms with van der Waals surface area (Å²) in [6.45, 7) is 7.12. The number of ether oxygens (including phenoxy) is 4. The van der Waals surface area contributed by atoms with Crippen LogP contribution in [0.3, 0.4) is 0 Å². The van der Waals surface area contributed by atoms with E-state index < -0.39 is 67.0 Å². The molecule has 1 aliphatic carbocycles. The lowest BCUT2D eigenvalue weighted by molar-refractivity contribution is -0.343. The summed E-state index contributed by atoms with van der Waals surface area (Å²) in [6, 6.07) is 0. The van der Waals surface area contributed by atoms with Gasteiger partial charge < -0.3 is 49.6 Å². The van der Waals surface area contributed by atoms with Gasteiger partial charge in [-0.25, -0.2) is 0 Å². The number of allylic oxidation sites excluding steroid dienone is 2. The summed E-state index contributed by atoms with van der Waals surface area (Å²) in [5.74, 6) is 0.195. The molecule has 2 saturated heterocycles. The molecule has 2 aliphatic heterocycles. The van der Waals surface area contributed by atoms with Crippen LogP contribution < -0.4 is 0 Å². The van der Waals surface area contributed by atoms with E-state index in [-0.39, 0.29) is 12.5 Å². The van der Waals surface area contributed by atoms with E-state index in [1.807, 2.05) is 13.8 Å². The maximum atomic E-state index is 10.4. The Bertz CT molecular complexity index is 655. The molecule has 10 nitrogen and oxygen atoms in total. The van der Waals surface area contributed by atoms with Crippen LogP contribution in [0.2, 0.25) is 0 Å². The molecule has 0 spiro atoms. The van der Waals surface area contributed by atoms with Gasteiger partial charge in [0.25, 0.3) is 0 Å². The monoisotopic (exact) mass is 462 g/mol. The highest BCUT2D eigenvalue weighted by Gasteiger charge is 2.48. The van der Waals surface area contributed by atoms with Crippen LogP contribution in [-0.2, 0) is 18.9 Å². The second-order valence-electron chi connectivity index (χ2n) is 9.77.